The van der Waals surface area contributed by atoms with Gasteiger partial charge in [-0.25, -0.2) is 27.2 Å². The Morgan fingerprint density at radius 2 is 1.76 bits per heavy atom. The number of thiazole rings is 1. The van der Waals surface area contributed by atoms with Crippen LogP contribution >= 0.6 is 22.9 Å². The Hall–Kier alpha value is -3.16. The Morgan fingerprint density at radius 1 is 1.08 bits per heavy atom. The zero-order chi connectivity index (χ0) is 26.9. The van der Waals surface area contributed by atoms with Crippen LogP contribution in [0.1, 0.15) is 17.0 Å². The molecule has 2 aromatic heterocycles. The summed E-state index contributed by atoms with van der Waals surface area (Å²) in [6, 6.07) is 12.4. The molecule has 9 nitrogen and oxygen atoms in total. The molecule has 1 aliphatic rings. The predicted octanol–water partition coefficient (Wildman–Crippen LogP) is 4.28. The van der Waals surface area contributed by atoms with Crippen molar-refractivity contribution in [3.8, 4) is 5.69 Å². The third-order valence-electron chi connectivity index (χ3n) is 5.94. The molecule has 1 saturated heterocycles. The molecule has 5 rings (SSSR count). The minimum Gasteiger partial charge on any atom is -0.379 e. The molecule has 1 fully saturated rings. The Kier molecular flexibility index (Phi) is 7.59. The van der Waals surface area contributed by atoms with E-state index in [1.54, 1.807) is 47.3 Å². The summed E-state index contributed by atoms with van der Waals surface area (Å²) in [5.41, 5.74) is 3.37. The fourth-order valence-electron chi connectivity index (χ4n) is 3.87. The standard InChI is InChI=1S/C25H24ClFN6O3S2/c1-17-16-37-25(29-20-5-9-22(10-6-20)38(34,35)31-11-13-36-14-12-31)32(17)28-15-23-18(2)30-33(24(23)26)21-7-3-19(27)4-8-21/h3-10,15-16H,11-14H2,1-2H3. The molecule has 0 spiro atoms. The average Bonchev–Trinajstić information content (AvgIpc) is 3.41. The van der Waals surface area contributed by atoms with E-state index in [1.165, 1.54) is 32.5 Å². The molecule has 38 heavy (non-hydrogen) atoms. The number of aryl methyl sites for hydroxylation is 2. The second-order valence-corrected chi connectivity index (χ2v) is 11.6. The number of hydrogen-bond acceptors (Lipinski definition) is 7. The number of halogens is 2. The van der Waals surface area contributed by atoms with Crippen LogP contribution in [0.2, 0.25) is 5.15 Å². The van der Waals surface area contributed by atoms with Crippen molar-refractivity contribution in [2.45, 2.75) is 18.7 Å². The summed E-state index contributed by atoms with van der Waals surface area (Å²) in [6.45, 7) is 5.18. The quantitative estimate of drug-likeness (QED) is 0.321. The van der Waals surface area contributed by atoms with Gasteiger partial charge < -0.3 is 4.74 Å². The first-order valence-corrected chi connectivity index (χ1v) is 14.4. The maximum Gasteiger partial charge on any atom is 0.243 e. The molecule has 2 aromatic carbocycles. The summed E-state index contributed by atoms with van der Waals surface area (Å²) < 4.78 is 49.0. The van der Waals surface area contributed by atoms with Gasteiger partial charge in [0.25, 0.3) is 0 Å². The van der Waals surface area contributed by atoms with Crippen molar-refractivity contribution in [3.63, 3.8) is 0 Å². The SMILES string of the molecule is Cc1nn(-c2ccc(F)cc2)c(Cl)c1C=Nn1c(C)csc1=Nc1ccc(S(=O)(=O)N2CCOCC2)cc1. The van der Waals surface area contributed by atoms with Gasteiger partial charge in [-0.05, 0) is 62.4 Å². The molecule has 0 N–H and O–H groups in total. The lowest BCUT2D eigenvalue weighted by Crippen LogP contribution is -2.40. The summed E-state index contributed by atoms with van der Waals surface area (Å²) in [6.07, 6.45) is 1.61. The molecular formula is C25H24ClFN6O3S2. The fourth-order valence-corrected chi connectivity index (χ4v) is 6.42. The molecule has 0 atom stereocenters. The van der Waals surface area contributed by atoms with E-state index in [0.29, 0.717) is 58.9 Å². The van der Waals surface area contributed by atoms with E-state index < -0.39 is 10.0 Å². The third-order valence-corrected chi connectivity index (χ3v) is 9.15. The van der Waals surface area contributed by atoms with Gasteiger partial charge in [0.15, 0.2) is 0 Å². The van der Waals surface area contributed by atoms with Gasteiger partial charge in [0.1, 0.15) is 11.0 Å². The Labute approximate surface area is 228 Å². The van der Waals surface area contributed by atoms with Crippen LogP contribution in [-0.2, 0) is 14.8 Å². The van der Waals surface area contributed by atoms with Crippen molar-refractivity contribution >= 4 is 44.9 Å². The van der Waals surface area contributed by atoms with Crippen molar-refractivity contribution < 1.29 is 17.5 Å². The van der Waals surface area contributed by atoms with Gasteiger partial charge in [-0.15, -0.1) is 11.3 Å². The molecule has 4 aromatic rings. The number of aromatic nitrogens is 3. The zero-order valence-corrected chi connectivity index (χ0v) is 23.0. The first-order chi connectivity index (χ1) is 18.2. The van der Waals surface area contributed by atoms with Crippen LogP contribution in [0.5, 0.6) is 0 Å². The molecular weight excluding hydrogens is 551 g/mol. The van der Waals surface area contributed by atoms with Crippen LogP contribution < -0.4 is 4.80 Å². The summed E-state index contributed by atoms with van der Waals surface area (Å²) in [5, 5.41) is 11.3. The van der Waals surface area contributed by atoms with E-state index in [1.807, 2.05) is 19.2 Å². The van der Waals surface area contributed by atoms with Gasteiger partial charge in [-0.1, -0.05) is 11.6 Å². The number of morpholine rings is 1. The predicted molar refractivity (Wildman–Crippen MR) is 145 cm³/mol. The average molecular weight is 575 g/mol. The van der Waals surface area contributed by atoms with Crippen LogP contribution in [0.25, 0.3) is 5.69 Å². The van der Waals surface area contributed by atoms with Gasteiger partial charge in [0.05, 0.1) is 52.6 Å². The summed E-state index contributed by atoms with van der Waals surface area (Å²) in [4.78, 5) is 5.48. The summed E-state index contributed by atoms with van der Waals surface area (Å²) >= 11 is 7.99. The number of sulfonamides is 1. The molecule has 0 amide bonds. The maximum atomic E-state index is 13.3. The van der Waals surface area contributed by atoms with Crippen molar-refractivity contribution in [2.24, 2.45) is 10.1 Å². The number of rotatable bonds is 6. The van der Waals surface area contributed by atoms with Gasteiger partial charge in [0, 0.05) is 18.5 Å². The van der Waals surface area contributed by atoms with Crippen LogP contribution in [0.3, 0.4) is 0 Å². The van der Waals surface area contributed by atoms with Crippen molar-refractivity contribution in [1.82, 2.24) is 18.8 Å². The van der Waals surface area contributed by atoms with Crippen LogP contribution in [0.15, 0.2) is 68.9 Å². The minimum absolute atomic E-state index is 0.217. The van der Waals surface area contributed by atoms with E-state index in [9.17, 15) is 12.8 Å². The Bertz CT molecular complexity index is 1650. The Morgan fingerprint density at radius 3 is 2.45 bits per heavy atom. The fraction of sp³-hybridized carbons (Fsp3) is 0.240. The number of nitrogens with zero attached hydrogens (tertiary/aromatic N) is 6. The van der Waals surface area contributed by atoms with Crippen molar-refractivity contribution in [3.05, 3.63) is 86.6 Å². The highest BCUT2D eigenvalue weighted by Crippen LogP contribution is 2.23. The molecule has 0 unspecified atom stereocenters. The number of ether oxygens (including phenoxy) is 1. The van der Waals surface area contributed by atoms with Gasteiger partial charge in [0.2, 0.25) is 14.8 Å². The van der Waals surface area contributed by atoms with E-state index >= 15 is 0 Å². The van der Waals surface area contributed by atoms with Crippen LogP contribution in [0.4, 0.5) is 10.1 Å². The molecule has 198 valence electrons. The highest BCUT2D eigenvalue weighted by atomic mass is 35.5. The lowest BCUT2D eigenvalue weighted by Gasteiger charge is -2.26. The molecule has 0 saturated carbocycles. The van der Waals surface area contributed by atoms with E-state index in [-0.39, 0.29) is 10.7 Å². The van der Waals surface area contributed by atoms with Crippen LogP contribution in [0, 0.1) is 19.7 Å². The summed E-state index contributed by atoms with van der Waals surface area (Å²) in [5.74, 6) is -0.343. The molecule has 0 aliphatic carbocycles. The largest absolute Gasteiger partial charge is 0.379 e. The van der Waals surface area contributed by atoms with E-state index in [0.717, 1.165) is 5.69 Å². The maximum absolute atomic E-state index is 13.3. The monoisotopic (exact) mass is 574 g/mol. The second-order valence-electron chi connectivity index (χ2n) is 8.52. The number of hydrogen-bond donors (Lipinski definition) is 0. The molecule has 3 heterocycles. The van der Waals surface area contributed by atoms with Crippen molar-refractivity contribution in [2.75, 3.05) is 26.3 Å². The van der Waals surface area contributed by atoms with Gasteiger partial charge >= 0.3 is 0 Å². The molecule has 1 aliphatic heterocycles. The third kappa shape index (κ3) is 5.36. The lowest BCUT2D eigenvalue weighted by molar-refractivity contribution is 0.0730. The molecule has 0 bridgehead atoms. The molecule has 0 radical (unpaired) electrons. The number of benzene rings is 2. The topological polar surface area (TPSA) is 94.1 Å². The normalized spacial score (nSPS) is 15.5. The highest BCUT2D eigenvalue weighted by Gasteiger charge is 2.26. The highest BCUT2D eigenvalue weighted by molar-refractivity contribution is 7.89. The smallest absolute Gasteiger partial charge is 0.243 e. The second kappa shape index (κ2) is 10.9. The van der Waals surface area contributed by atoms with Crippen molar-refractivity contribution in [1.29, 1.82) is 0 Å². The van der Waals surface area contributed by atoms with E-state index in [2.05, 4.69) is 15.2 Å². The van der Waals surface area contributed by atoms with Gasteiger partial charge in [-0.2, -0.15) is 14.5 Å². The first-order valence-electron chi connectivity index (χ1n) is 11.7. The van der Waals surface area contributed by atoms with Crippen LogP contribution in [-0.4, -0.2) is 59.7 Å². The van der Waals surface area contributed by atoms with E-state index in [4.69, 9.17) is 16.3 Å². The lowest BCUT2D eigenvalue weighted by atomic mass is 10.3. The minimum atomic E-state index is -3.58. The first kappa shape index (κ1) is 26.4. The van der Waals surface area contributed by atoms with Gasteiger partial charge in [-0.3, -0.25) is 0 Å². The summed E-state index contributed by atoms with van der Waals surface area (Å²) in [7, 11) is -3.58. The molecule has 13 heteroatoms. The zero-order valence-electron chi connectivity index (χ0n) is 20.6. The Balaban J connectivity index is 1.42.